The van der Waals surface area contributed by atoms with Gasteiger partial charge in [-0.15, -0.1) is 0 Å². The van der Waals surface area contributed by atoms with Crippen LogP contribution in [0.5, 0.6) is 0 Å². The average Bonchev–Trinajstić information content (AvgIpc) is 2.63. The highest BCUT2D eigenvalue weighted by Gasteiger charge is 2.05. The number of aromatic nitrogens is 2. The molecule has 0 saturated carbocycles. The first-order valence-corrected chi connectivity index (χ1v) is 5.46. The zero-order valence-electron chi connectivity index (χ0n) is 9.45. The quantitative estimate of drug-likeness (QED) is 0.752. The summed E-state index contributed by atoms with van der Waals surface area (Å²) in [6.07, 6.45) is 6.54. The molecule has 14 heavy (non-hydrogen) atoms. The van der Waals surface area contributed by atoms with Gasteiger partial charge in [0, 0.05) is 24.8 Å². The Morgan fingerprint density at radius 3 is 2.71 bits per heavy atom. The molecule has 0 bridgehead atoms. The van der Waals surface area contributed by atoms with Crippen LogP contribution in [-0.4, -0.2) is 16.8 Å². The monoisotopic (exact) mass is 195 g/mol. The van der Waals surface area contributed by atoms with Gasteiger partial charge in [0.1, 0.15) is 0 Å². The second-order valence-corrected chi connectivity index (χ2v) is 3.78. The van der Waals surface area contributed by atoms with Crippen LogP contribution in [0.3, 0.4) is 0 Å². The summed E-state index contributed by atoms with van der Waals surface area (Å²) in [4.78, 5) is 0. The minimum atomic E-state index is 0.761. The lowest BCUT2D eigenvalue weighted by atomic mass is 10.0. The van der Waals surface area contributed by atoms with E-state index in [1.165, 1.54) is 18.4 Å². The zero-order valence-corrected chi connectivity index (χ0v) is 9.45. The molecule has 0 aromatic carbocycles. The highest BCUT2D eigenvalue weighted by molar-refractivity contribution is 5.02. The molecule has 0 radical (unpaired) electrons. The fourth-order valence-electron chi connectivity index (χ4n) is 1.61. The molecule has 1 rings (SSSR count). The summed E-state index contributed by atoms with van der Waals surface area (Å²) in [7, 11) is 1.96. The van der Waals surface area contributed by atoms with Gasteiger partial charge in [-0.25, -0.2) is 0 Å². The van der Waals surface area contributed by atoms with Crippen molar-refractivity contribution in [3.63, 3.8) is 0 Å². The van der Waals surface area contributed by atoms with Gasteiger partial charge in [-0.2, -0.15) is 5.10 Å². The van der Waals surface area contributed by atoms with Crippen molar-refractivity contribution in [1.82, 2.24) is 15.1 Å². The fourth-order valence-corrected chi connectivity index (χ4v) is 1.61. The van der Waals surface area contributed by atoms with Gasteiger partial charge in [-0.1, -0.05) is 26.7 Å². The van der Waals surface area contributed by atoms with E-state index >= 15 is 0 Å². The summed E-state index contributed by atoms with van der Waals surface area (Å²) < 4.78 is 2.06. The Morgan fingerprint density at radius 1 is 1.43 bits per heavy atom. The Morgan fingerprint density at radius 2 is 2.14 bits per heavy atom. The Bertz CT molecular complexity index is 251. The third-order valence-corrected chi connectivity index (χ3v) is 2.67. The summed E-state index contributed by atoms with van der Waals surface area (Å²) in [6, 6.07) is 0. The van der Waals surface area contributed by atoms with E-state index in [4.69, 9.17) is 0 Å². The van der Waals surface area contributed by atoms with E-state index in [-0.39, 0.29) is 0 Å². The maximum atomic E-state index is 4.35. The fraction of sp³-hybridized carbons (Fsp3) is 0.727. The molecule has 0 amide bonds. The molecule has 80 valence electrons. The summed E-state index contributed by atoms with van der Waals surface area (Å²) in [5, 5.41) is 7.47. The molecule has 1 N–H and O–H groups in total. The predicted molar refractivity (Wildman–Crippen MR) is 59.1 cm³/mol. The van der Waals surface area contributed by atoms with Crippen molar-refractivity contribution >= 4 is 0 Å². The summed E-state index contributed by atoms with van der Waals surface area (Å²) >= 11 is 0. The van der Waals surface area contributed by atoms with Crippen LogP contribution >= 0.6 is 0 Å². The number of nitrogens with one attached hydrogen (secondary N) is 1. The van der Waals surface area contributed by atoms with Crippen LogP contribution in [0.2, 0.25) is 0 Å². The lowest BCUT2D eigenvalue weighted by Crippen LogP contribution is -2.09. The maximum Gasteiger partial charge on any atom is 0.0534 e. The van der Waals surface area contributed by atoms with Gasteiger partial charge < -0.3 is 5.32 Å². The minimum Gasteiger partial charge on any atom is -0.316 e. The Labute approximate surface area is 86.5 Å². The van der Waals surface area contributed by atoms with Gasteiger partial charge in [-0.3, -0.25) is 4.68 Å². The first-order chi connectivity index (χ1) is 6.80. The van der Waals surface area contributed by atoms with Crippen LogP contribution in [0.4, 0.5) is 0 Å². The van der Waals surface area contributed by atoms with Crippen molar-refractivity contribution in [1.29, 1.82) is 0 Å². The molecule has 0 atom stereocenters. The van der Waals surface area contributed by atoms with Crippen molar-refractivity contribution < 1.29 is 0 Å². The SMILES string of the molecule is CCC(CC)Cn1cc(CNC)cn1. The molecule has 0 aliphatic rings. The van der Waals surface area contributed by atoms with E-state index in [9.17, 15) is 0 Å². The van der Waals surface area contributed by atoms with Crippen molar-refractivity contribution in [3.8, 4) is 0 Å². The van der Waals surface area contributed by atoms with Gasteiger partial charge in [-0.05, 0) is 13.0 Å². The predicted octanol–water partition coefficient (Wildman–Crippen LogP) is 2.04. The number of hydrogen-bond donors (Lipinski definition) is 1. The normalized spacial score (nSPS) is 11.1. The van der Waals surface area contributed by atoms with Crippen LogP contribution in [0.25, 0.3) is 0 Å². The zero-order chi connectivity index (χ0) is 10.4. The maximum absolute atomic E-state index is 4.35. The highest BCUT2D eigenvalue weighted by Crippen LogP contribution is 2.10. The molecule has 0 aliphatic heterocycles. The van der Waals surface area contributed by atoms with Crippen LogP contribution < -0.4 is 5.32 Å². The van der Waals surface area contributed by atoms with Crippen LogP contribution in [-0.2, 0) is 13.1 Å². The lowest BCUT2D eigenvalue weighted by Gasteiger charge is -2.11. The molecule has 3 nitrogen and oxygen atoms in total. The van der Waals surface area contributed by atoms with Gasteiger partial charge in [0.15, 0.2) is 0 Å². The van der Waals surface area contributed by atoms with Crippen LogP contribution in [0.1, 0.15) is 32.3 Å². The molecule has 1 heterocycles. The highest BCUT2D eigenvalue weighted by atomic mass is 15.3. The molecule has 0 unspecified atom stereocenters. The second-order valence-electron chi connectivity index (χ2n) is 3.78. The van der Waals surface area contributed by atoms with Gasteiger partial charge in [0.05, 0.1) is 6.20 Å². The van der Waals surface area contributed by atoms with E-state index in [2.05, 4.69) is 35.1 Å². The summed E-state index contributed by atoms with van der Waals surface area (Å²) in [6.45, 7) is 6.44. The average molecular weight is 195 g/mol. The number of hydrogen-bond acceptors (Lipinski definition) is 2. The van der Waals surface area contributed by atoms with E-state index in [1.54, 1.807) is 0 Å². The Hall–Kier alpha value is -0.830. The van der Waals surface area contributed by atoms with E-state index in [0.29, 0.717) is 0 Å². The van der Waals surface area contributed by atoms with Gasteiger partial charge >= 0.3 is 0 Å². The molecule has 0 aliphatic carbocycles. The lowest BCUT2D eigenvalue weighted by molar-refractivity contribution is 0.396. The van der Waals surface area contributed by atoms with E-state index < -0.39 is 0 Å². The number of nitrogens with zero attached hydrogens (tertiary/aromatic N) is 2. The smallest absolute Gasteiger partial charge is 0.0534 e. The molecule has 0 spiro atoms. The largest absolute Gasteiger partial charge is 0.316 e. The minimum absolute atomic E-state index is 0.761. The van der Waals surface area contributed by atoms with Gasteiger partial charge in [0.25, 0.3) is 0 Å². The number of rotatable bonds is 6. The van der Waals surface area contributed by atoms with Crippen LogP contribution in [0, 0.1) is 5.92 Å². The van der Waals surface area contributed by atoms with E-state index in [0.717, 1.165) is 19.0 Å². The van der Waals surface area contributed by atoms with Crippen molar-refractivity contribution in [2.75, 3.05) is 7.05 Å². The third kappa shape index (κ3) is 3.14. The molecular formula is C11H21N3. The third-order valence-electron chi connectivity index (χ3n) is 2.67. The first kappa shape index (κ1) is 11.2. The molecule has 1 aromatic heterocycles. The van der Waals surface area contributed by atoms with Crippen molar-refractivity contribution in [2.24, 2.45) is 5.92 Å². The molecule has 3 heteroatoms. The Kier molecular flexibility index (Phi) is 4.66. The molecule has 0 saturated heterocycles. The summed E-state index contributed by atoms with van der Waals surface area (Å²) in [5.74, 6) is 0.761. The molecule has 1 aromatic rings. The summed E-state index contributed by atoms with van der Waals surface area (Å²) in [5.41, 5.74) is 1.26. The van der Waals surface area contributed by atoms with Crippen molar-refractivity contribution in [2.45, 2.75) is 39.8 Å². The van der Waals surface area contributed by atoms with Crippen LogP contribution in [0.15, 0.2) is 12.4 Å². The first-order valence-electron chi connectivity index (χ1n) is 5.46. The Balaban J connectivity index is 2.49. The second kappa shape index (κ2) is 5.81. The molecule has 0 fully saturated rings. The molecular weight excluding hydrogens is 174 g/mol. The van der Waals surface area contributed by atoms with Crippen molar-refractivity contribution in [3.05, 3.63) is 18.0 Å². The topological polar surface area (TPSA) is 29.9 Å². The standard InChI is InChI=1S/C11H21N3/c1-4-10(5-2)8-14-9-11(6-12-3)7-13-14/h7,9-10,12H,4-6,8H2,1-3H3. The van der Waals surface area contributed by atoms with Gasteiger partial charge in [0.2, 0.25) is 0 Å². The van der Waals surface area contributed by atoms with E-state index in [1.807, 2.05) is 13.2 Å².